The summed E-state index contributed by atoms with van der Waals surface area (Å²) >= 11 is 11.8. The highest BCUT2D eigenvalue weighted by Crippen LogP contribution is 2.20. The number of nitrogens with one attached hydrogen (secondary N) is 2. The zero-order valence-corrected chi connectivity index (χ0v) is 14.4. The second kappa shape index (κ2) is 8.42. The van der Waals surface area contributed by atoms with Crippen molar-refractivity contribution in [1.29, 1.82) is 0 Å². The van der Waals surface area contributed by atoms with Crippen LogP contribution >= 0.6 is 23.2 Å². The molecule has 2 rings (SSSR count). The van der Waals surface area contributed by atoms with Gasteiger partial charge in [-0.05, 0) is 42.3 Å². The molecule has 0 fully saturated rings. The summed E-state index contributed by atoms with van der Waals surface area (Å²) in [4.78, 5) is 11.9. The smallest absolute Gasteiger partial charge is 0.234 e. The van der Waals surface area contributed by atoms with Gasteiger partial charge in [0, 0.05) is 22.6 Å². The molecule has 0 saturated carbocycles. The first kappa shape index (κ1) is 18.6. The van der Waals surface area contributed by atoms with Crippen LogP contribution in [-0.2, 0) is 11.3 Å². The average Bonchev–Trinajstić information content (AvgIpc) is 2.54. The number of carbonyl (C=O) groups excluding carboxylic acids is 1. The maximum atomic E-state index is 13.2. The summed E-state index contributed by atoms with van der Waals surface area (Å²) in [5.41, 5.74) is 1.31. The van der Waals surface area contributed by atoms with E-state index in [0.717, 1.165) is 17.7 Å². The van der Waals surface area contributed by atoms with E-state index in [1.54, 1.807) is 25.1 Å². The number of halogens is 4. The van der Waals surface area contributed by atoms with Gasteiger partial charge in [0.2, 0.25) is 5.91 Å². The average molecular weight is 373 g/mol. The second-order valence-electron chi connectivity index (χ2n) is 5.29. The van der Waals surface area contributed by atoms with Gasteiger partial charge in [-0.25, -0.2) is 8.78 Å². The SMILES string of the molecule is C[C@@H](NCC(=O)NCc1ccc(Cl)cc1Cl)c1ccc(F)c(F)c1. The molecule has 1 atom stereocenters. The summed E-state index contributed by atoms with van der Waals surface area (Å²) in [6, 6.07) is 8.38. The van der Waals surface area contributed by atoms with Crippen LogP contribution in [0.4, 0.5) is 8.78 Å². The lowest BCUT2D eigenvalue weighted by molar-refractivity contribution is -0.120. The summed E-state index contributed by atoms with van der Waals surface area (Å²) in [5, 5.41) is 6.68. The third-order valence-electron chi connectivity index (χ3n) is 3.50. The molecule has 0 aliphatic carbocycles. The van der Waals surface area contributed by atoms with Crippen molar-refractivity contribution in [2.45, 2.75) is 19.5 Å². The Morgan fingerprint density at radius 2 is 1.88 bits per heavy atom. The molecule has 3 nitrogen and oxygen atoms in total. The lowest BCUT2D eigenvalue weighted by Crippen LogP contribution is -2.34. The van der Waals surface area contributed by atoms with E-state index < -0.39 is 11.6 Å². The molecular formula is C17H16Cl2F2N2O. The van der Waals surface area contributed by atoms with Gasteiger partial charge in [0.1, 0.15) is 0 Å². The van der Waals surface area contributed by atoms with E-state index in [0.29, 0.717) is 15.6 Å². The number of carbonyl (C=O) groups is 1. The fourth-order valence-electron chi connectivity index (χ4n) is 2.07. The Morgan fingerprint density at radius 3 is 2.54 bits per heavy atom. The van der Waals surface area contributed by atoms with Gasteiger partial charge in [-0.2, -0.15) is 0 Å². The van der Waals surface area contributed by atoms with Crippen LogP contribution in [-0.4, -0.2) is 12.5 Å². The van der Waals surface area contributed by atoms with E-state index in [-0.39, 0.29) is 25.0 Å². The normalized spacial score (nSPS) is 12.0. The van der Waals surface area contributed by atoms with Crippen molar-refractivity contribution in [2.24, 2.45) is 0 Å². The molecule has 0 heterocycles. The lowest BCUT2D eigenvalue weighted by Gasteiger charge is -2.14. The van der Waals surface area contributed by atoms with Crippen molar-refractivity contribution in [3.63, 3.8) is 0 Å². The van der Waals surface area contributed by atoms with Gasteiger partial charge < -0.3 is 10.6 Å². The standard InChI is InChI=1S/C17H16Cl2F2N2O/c1-10(11-3-5-15(20)16(21)6-11)22-9-17(24)23-8-12-2-4-13(18)7-14(12)19/h2-7,10,22H,8-9H2,1H3,(H,23,24)/t10-/m1/s1. The largest absolute Gasteiger partial charge is 0.351 e. The summed E-state index contributed by atoms with van der Waals surface area (Å²) in [6.45, 7) is 2.07. The minimum Gasteiger partial charge on any atom is -0.351 e. The Morgan fingerprint density at radius 1 is 1.12 bits per heavy atom. The van der Waals surface area contributed by atoms with Crippen LogP contribution in [0, 0.1) is 11.6 Å². The predicted molar refractivity (Wildman–Crippen MR) is 91.1 cm³/mol. The molecule has 2 aromatic carbocycles. The van der Waals surface area contributed by atoms with Crippen molar-refractivity contribution >= 4 is 29.1 Å². The molecule has 1 amide bonds. The first-order valence-corrected chi connectivity index (χ1v) is 8.01. The van der Waals surface area contributed by atoms with Crippen molar-refractivity contribution in [3.05, 3.63) is 69.2 Å². The molecule has 0 aliphatic heterocycles. The van der Waals surface area contributed by atoms with Gasteiger partial charge in [-0.15, -0.1) is 0 Å². The maximum Gasteiger partial charge on any atom is 0.234 e. The Labute approximate surface area is 149 Å². The van der Waals surface area contributed by atoms with E-state index in [4.69, 9.17) is 23.2 Å². The number of benzene rings is 2. The molecule has 0 saturated heterocycles. The van der Waals surface area contributed by atoms with E-state index in [1.165, 1.54) is 6.07 Å². The summed E-state index contributed by atoms with van der Waals surface area (Å²) in [7, 11) is 0. The zero-order valence-electron chi connectivity index (χ0n) is 12.9. The quantitative estimate of drug-likeness (QED) is 0.796. The van der Waals surface area contributed by atoms with Crippen molar-refractivity contribution in [2.75, 3.05) is 6.54 Å². The molecule has 2 N–H and O–H groups in total. The van der Waals surface area contributed by atoms with Gasteiger partial charge in [0.05, 0.1) is 6.54 Å². The Kier molecular flexibility index (Phi) is 6.54. The summed E-state index contributed by atoms with van der Waals surface area (Å²) in [5.74, 6) is -2.05. The van der Waals surface area contributed by atoms with Crippen molar-refractivity contribution in [3.8, 4) is 0 Å². The summed E-state index contributed by atoms with van der Waals surface area (Å²) < 4.78 is 26.1. The van der Waals surface area contributed by atoms with E-state index in [9.17, 15) is 13.6 Å². The number of amides is 1. The molecule has 7 heteroatoms. The van der Waals surface area contributed by atoms with Gasteiger partial charge in [-0.1, -0.05) is 35.3 Å². The fourth-order valence-corrected chi connectivity index (χ4v) is 2.54. The molecule has 24 heavy (non-hydrogen) atoms. The van der Waals surface area contributed by atoms with Crippen LogP contribution in [0.3, 0.4) is 0 Å². The number of rotatable bonds is 6. The third kappa shape index (κ3) is 5.16. The molecule has 128 valence electrons. The highest BCUT2D eigenvalue weighted by atomic mass is 35.5. The molecule has 0 radical (unpaired) electrons. The van der Waals surface area contributed by atoms with Gasteiger partial charge in [0.25, 0.3) is 0 Å². The monoisotopic (exact) mass is 372 g/mol. The number of hydrogen-bond acceptors (Lipinski definition) is 2. The van der Waals surface area contributed by atoms with Crippen molar-refractivity contribution < 1.29 is 13.6 Å². The van der Waals surface area contributed by atoms with Crippen LogP contribution in [0.2, 0.25) is 10.0 Å². The molecule has 0 bridgehead atoms. The van der Waals surface area contributed by atoms with Gasteiger partial charge in [0.15, 0.2) is 11.6 Å². The molecular weight excluding hydrogens is 357 g/mol. The highest BCUT2D eigenvalue weighted by molar-refractivity contribution is 6.35. The Balaban J connectivity index is 1.83. The second-order valence-corrected chi connectivity index (χ2v) is 6.13. The topological polar surface area (TPSA) is 41.1 Å². The number of hydrogen-bond donors (Lipinski definition) is 2. The van der Waals surface area contributed by atoms with Gasteiger partial charge >= 0.3 is 0 Å². The van der Waals surface area contributed by atoms with E-state index >= 15 is 0 Å². The predicted octanol–water partition coefficient (Wildman–Crippen LogP) is 4.24. The summed E-state index contributed by atoms with van der Waals surface area (Å²) in [6.07, 6.45) is 0. The lowest BCUT2D eigenvalue weighted by atomic mass is 10.1. The third-order valence-corrected chi connectivity index (χ3v) is 4.09. The maximum absolute atomic E-state index is 13.2. The molecule has 2 aromatic rings. The fraction of sp³-hybridized carbons (Fsp3) is 0.235. The Bertz CT molecular complexity index is 741. The minimum absolute atomic E-state index is 0.0331. The van der Waals surface area contributed by atoms with Crippen LogP contribution in [0.25, 0.3) is 0 Å². The first-order chi connectivity index (χ1) is 11.4. The van der Waals surface area contributed by atoms with E-state index in [1.807, 2.05) is 0 Å². The molecule has 0 aliphatic rings. The molecule has 0 aromatic heterocycles. The van der Waals surface area contributed by atoms with E-state index in [2.05, 4.69) is 10.6 Å². The van der Waals surface area contributed by atoms with Crippen molar-refractivity contribution in [1.82, 2.24) is 10.6 Å². The zero-order chi connectivity index (χ0) is 17.7. The van der Waals surface area contributed by atoms with Crippen LogP contribution < -0.4 is 10.6 Å². The van der Waals surface area contributed by atoms with Crippen LogP contribution in [0.1, 0.15) is 24.1 Å². The minimum atomic E-state index is -0.914. The molecule has 0 unspecified atom stereocenters. The highest BCUT2D eigenvalue weighted by Gasteiger charge is 2.11. The molecule has 0 spiro atoms. The van der Waals surface area contributed by atoms with Crippen LogP contribution in [0.15, 0.2) is 36.4 Å². The Hall–Kier alpha value is -1.69. The first-order valence-electron chi connectivity index (χ1n) is 7.26. The van der Waals surface area contributed by atoms with Gasteiger partial charge in [-0.3, -0.25) is 4.79 Å². The van der Waals surface area contributed by atoms with Crippen LogP contribution in [0.5, 0.6) is 0 Å².